The number of hydrogen-bond acceptors (Lipinski definition) is 8. The van der Waals surface area contributed by atoms with Crippen molar-refractivity contribution in [1.82, 2.24) is 21.3 Å². The number of alkyl halides is 3. The lowest BCUT2D eigenvalue weighted by Crippen LogP contribution is -2.45. The van der Waals surface area contributed by atoms with Gasteiger partial charge in [-0.15, -0.1) is 0 Å². The SMILES string of the molecule is CN/C(C(=O)N[C@H](C)c1cccc(/C(C=NCc2cccc(C(N)=O)c2)=C/N)c1)=C(/NC(=O)C(F)(F)F)C(=O)NC=O. The van der Waals surface area contributed by atoms with E-state index in [1.807, 2.05) is 0 Å². The third-order valence-electron chi connectivity index (χ3n) is 5.60. The zero-order valence-electron chi connectivity index (χ0n) is 22.4. The Labute approximate surface area is 238 Å². The fraction of sp³-hybridized carbons (Fsp3) is 0.185. The Morgan fingerprint density at radius 1 is 1.00 bits per heavy atom. The van der Waals surface area contributed by atoms with Crippen LogP contribution >= 0.6 is 0 Å². The molecule has 1 atom stereocenters. The highest BCUT2D eigenvalue weighted by atomic mass is 19.4. The minimum atomic E-state index is -5.37. The predicted molar refractivity (Wildman–Crippen MR) is 147 cm³/mol. The zero-order valence-corrected chi connectivity index (χ0v) is 22.4. The maximum absolute atomic E-state index is 12.9. The second-order valence-electron chi connectivity index (χ2n) is 8.52. The monoisotopic (exact) mass is 587 g/mol. The van der Waals surface area contributed by atoms with E-state index >= 15 is 0 Å². The van der Waals surface area contributed by atoms with Crippen LogP contribution in [0.4, 0.5) is 13.2 Å². The number of halogens is 3. The molecule has 0 saturated carbocycles. The molecule has 0 spiro atoms. The minimum absolute atomic E-state index is 0.120. The highest BCUT2D eigenvalue weighted by Crippen LogP contribution is 2.20. The standard InChI is InChI=1S/C27H28F3N7O5/c1-15(36-25(41)21(33-2)22(24(40)35-14-38)37-26(42)27(28,29)30)17-6-4-7-18(10-17)20(11-31)13-34-12-16-5-3-8-19(9-16)23(32)39/h3-11,13-15,33H,12,31H2,1-2H3,(H2,32,39)(H,36,41)(H,37,42)(H,35,38,40)/b20-11+,22-21+,34-13?/t15-/m1/s1. The summed E-state index contributed by atoms with van der Waals surface area (Å²) in [5.41, 5.74) is 12.0. The third-order valence-corrected chi connectivity index (χ3v) is 5.60. The summed E-state index contributed by atoms with van der Waals surface area (Å²) in [5.74, 6) is -5.59. The fourth-order valence-electron chi connectivity index (χ4n) is 3.52. The fourth-order valence-corrected chi connectivity index (χ4v) is 3.52. The Hall–Kier alpha value is -5.47. The molecule has 0 fully saturated rings. The molecule has 2 aromatic carbocycles. The molecule has 2 rings (SSSR count). The molecule has 12 nitrogen and oxygen atoms in total. The first-order valence-electron chi connectivity index (χ1n) is 12.1. The number of nitrogens with two attached hydrogens (primary N) is 2. The van der Waals surface area contributed by atoms with E-state index in [9.17, 15) is 37.1 Å². The van der Waals surface area contributed by atoms with E-state index in [4.69, 9.17) is 11.5 Å². The number of imide groups is 1. The first kappa shape index (κ1) is 32.7. The van der Waals surface area contributed by atoms with Gasteiger partial charge in [0, 0.05) is 30.6 Å². The van der Waals surface area contributed by atoms with Crippen molar-refractivity contribution < 1.29 is 37.1 Å². The number of amides is 5. The van der Waals surface area contributed by atoms with Crippen molar-refractivity contribution in [2.24, 2.45) is 16.5 Å². The number of hydrogen-bond donors (Lipinski definition) is 6. The van der Waals surface area contributed by atoms with Crippen LogP contribution in [0, 0.1) is 0 Å². The number of carbonyl (C=O) groups excluding carboxylic acids is 5. The molecular weight excluding hydrogens is 559 g/mol. The number of nitrogens with zero attached hydrogens (tertiary/aromatic N) is 1. The van der Waals surface area contributed by atoms with Gasteiger partial charge in [-0.1, -0.05) is 30.3 Å². The van der Waals surface area contributed by atoms with Crippen molar-refractivity contribution in [3.05, 3.63) is 88.4 Å². The van der Waals surface area contributed by atoms with Crippen LogP contribution in [0.3, 0.4) is 0 Å². The molecule has 2 aromatic rings. The average Bonchev–Trinajstić information content (AvgIpc) is 2.94. The van der Waals surface area contributed by atoms with Crippen LogP contribution in [0.25, 0.3) is 5.57 Å². The summed E-state index contributed by atoms with van der Waals surface area (Å²) in [6.45, 7) is 1.80. The zero-order chi connectivity index (χ0) is 31.4. The summed E-state index contributed by atoms with van der Waals surface area (Å²) >= 11 is 0. The molecule has 42 heavy (non-hydrogen) atoms. The number of rotatable bonds is 12. The van der Waals surface area contributed by atoms with Crippen LogP contribution < -0.4 is 32.7 Å². The minimum Gasteiger partial charge on any atom is -0.404 e. The second-order valence-corrected chi connectivity index (χ2v) is 8.52. The highest BCUT2D eigenvalue weighted by molar-refractivity contribution is 6.10. The van der Waals surface area contributed by atoms with E-state index in [1.165, 1.54) is 17.7 Å². The normalized spacial score (nSPS) is 13.0. The molecular formula is C27H28F3N7O5. The van der Waals surface area contributed by atoms with Crippen molar-refractivity contribution in [3.63, 3.8) is 0 Å². The van der Waals surface area contributed by atoms with Gasteiger partial charge in [-0.25, -0.2) is 0 Å². The van der Waals surface area contributed by atoms with Crippen LogP contribution in [-0.2, 0) is 25.7 Å². The molecule has 5 amide bonds. The van der Waals surface area contributed by atoms with Gasteiger partial charge in [0.1, 0.15) is 11.4 Å². The summed E-state index contributed by atoms with van der Waals surface area (Å²) in [6, 6.07) is 12.6. The molecule has 0 heterocycles. The molecule has 0 bridgehead atoms. The molecule has 222 valence electrons. The van der Waals surface area contributed by atoms with Gasteiger partial charge < -0.3 is 27.4 Å². The maximum atomic E-state index is 12.9. The van der Waals surface area contributed by atoms with E-state index in [0.717, 1.165) is 12.6 Å². The van der Waals surface area contributed by atoms with E-state index in [2.05, 4.69) is 15.6 Å². The van der Waals surface area contributed by atoms with Crippen molar-refractivity contribution in [1.29, 1.82) is 0 Å². The topological polar surface area (TPSA) is 198 Å². The van der Waals surface area contributed by atoms with Crippen molar-refractivity contribution in [3.8, 4) is 0 Å². The Balaban J connectivity index is 2.27. The van der Waals surface area contributed by atoms with E-state index in [0.29, 0.717) is 22.3 Å². The third kappa shape index (κ3) is 9.04. The first-order chi connectivity index (χ1) is 19.8. The summed E-state index contributed by atoms with van der Waals surface area (Å²) < 4.78 is 38.4. The van der Waals surface area contributed by atoms with Gasteiger partial charge in [0.15, 0.2) is 0 Å². The van der Waals surface area contributed by atoms with Crippen LogP contribution in [0.5, 0.6) is 0 Å². The number of nitrogens with one attached hydrogen (secondary N) is 4. The highest BCUT2D eigenvalue weighted by Gasteiger charge is 2.40. The van der Waals surface area contributed by atoms with Crippen LogP contribution in [-0.4, -0.2) is 49.5 Å². The average molecular weight is 588 g/mol. The lowest BCUT2D eigenvalue weighted by Gasteiger charge is -2.19. The second kappa shape index (κ2) is 14.8. The molecule has 8 N–H and O–H groups in total. The number of allylic oxidation sites excluding steroid dienone is 1. The smallest absolute Gasteiger partial charge is 0.404 e. The van der Waals surface area contributed by atoms with E-state index in [-0.39, 0.29) is 13.0 Å². The number of carbonyl (C=O) groups is 5. The molecule has 0 aliphatic rings. The van der Waals surface area contributed by atoms with Gasteiger partial charge in [-0.05, 0) is 41.8 Å². The molecule has 0 aliphatic carbocycles. The van der Waals surface area contributed by atoms with E-state index < -0.39 is 47.2 Å². The van der Waals surface area contributed by atoms with Crippen molar-refractivity contribution >= 4 is 41.8 Å². The van der Waals surface area contributed by atoms with Crippen LogP contribution in [0.2, 0.25) is 0 Å². The lowest BCUT2D eigenvalue weighted by molar-refractivity contribution is -0.173. The summed E-state index contributed by atoms with van der Waals surface area (Å²) in [4.78, 5) is 63.0. The summed E-state index contributed by atoms with van der Waals surface area (Å²) in [5, 5.41) is 7.71. The van der Waals surface area contributed by atoms with Gasteiger partial charge in [-0.3, -0.25) is 34.3 Å². The van der Waals surface area contributed by atoms with Gasteiger partial charge in [0.2, 0.25) is 12.3 Å². The Bertz CT molecular complexity index is 1450. The Morgan fingerprint density at radius 2 is 1.67 bits per heavy atom. The van der Waals surface area contributed by atoms with Crippen LogP contribution in [0.15, 0.2) is 71.1 Å². The van der Waals surface area contributed by atoms with Gasteiger partial charge in [-0.2, -0.15) is 13.2 Å². The van der Waals surface area contributed by atoms with Crippen LogP contribution in [0.1, 0.15) is 40.0 Å². The summed E-state index contributed by atoms with van der Waals surface area (Å²) in [6.07, 6.45) is -2.66. The lowest BCUT2D eigenvalue weighted by atomic mass is 10.0. The predicted octanol–water partition coefficient (Wildman–Crippen LogP) is 0.915. The molecule has 0 aliphatic heterocycles. The number of aliphatic imine (C=N–C) groups is 1. The maximum Gasteiger partial charge on any atom is 0.471 e. The van der Waals surface area contributed by atoms with Gasteiger partial charge >= 0.3 is 12.1 Å². The number of primary amides is 1. The largest absolute Gasteiger partial charge is 0.471 e. The molecule has 0 aromatic heterocycles. The van der Waals surface area contributed by atoms with Crippen molar-refractivity contribution in [2.45, 2.75) is 25.7 Å². The van der Waals surface area contributed by atoms with Gasteiger partial charge in [0.25, 0.3) is 11.8 Å². The number of likely N-dealkylation sites (N-methyl/N-ethyl adjacent to an activating group) is 1. The molecule has 0 radical (unpaired) electrons. The Morgan fingerprint density at radius 3 is 2.26 bits per heavy atom. The van der Waals surface area contributed by atoms with Gasteiger partial charge in [0.05, 0.1) is 12.6 Å². The Kier molecular flexibility index (Phi) is 11.5. The van der Waals surface area contributed by atoms with E-state index in [1.54, 1.807) is 60.8 Å². The van der Waals surface area contributed by atoms with Crippen molar-refractivity contribution in [2.75, 3.05) is 7.05 Å². The quantitative estimate of drug-likeness (QED) is 0.120. The first-order valence-corrected chi connectivity index (χ1v) is 12.1. The number of benzene rings is 2. The molecule has 0 unspecified atom stereocenters. The summed E-state index contributed by atoms with van der Waals surface area (Å²) in [7, 11) is 1.13. The molecule has 0 saturated heterocycles. The molecule has 15 heteroatoms.